The number of benzene rings is 1. The van der Waals surface area contributed by atoms with Gasteiger partial charge in [0.1, 0.15) is 23.8 Å². The summed E-state index contributed by atoms with van der Waals surface area (Å²) in [7, 11) is 0. The van der Waals surface area contributed by atoms with E-state index in [4.69, 9.17) is 18.6 Å². The number of fused-ring (bicyclic) bond motifs is 1. The molecule has 2 amide bonds. The normalized spacial score (nSPS) is 24.2. The number of rotatable bonds is 6. The molecule has 212 valence electrons. The van der Waals surface area contributed by atoms with Crippen molar-refractivity contribution in [1.82, 2.24) is 4.90 Å². The number of carbonyl (C=O) groups excluding carboxylic acids is 3. The molecule has 0 spiro atoms. The van der Waals surface area contributed by atoms with Crippen LogP contribution in [0.4, 0.5) is 10.5 Å². The van der Waals surface area contributed by atoms with Crippen LogP contribution in [0.15, 0.2) is 28.7 Å². The summed E-state index contributed by atoms with van der Waals surface area (Å²) in [5.41, 5.74) is 0.454. The molecular formula is C30H40N2O7. The predicted octanol–water partition coefficient (Wildman–Crippen LogP) is 5.91. The molecule has 3 fully saturated rings. The van der Waals surface area contributed by atoms with Gasteiger partial charge >= 0.3 is 12.1 Å². The minimum Gasteiger partial charge on any atom is -0.457 e. The van der Waals surface area contributed by atoms with E-state index in [1.807, 2.05) is 20.8 Å². The highest BCUT2D eigenvalue weighted by atomic mass is 16.6. The van der Waals surface area contributed by atoms with Crippen molar-refractivity contribution in [3.05, 3.63) is 30.0 Å². The maximum Gasteiger partial charge on any atom is 0.410 e. The Hall–Kier alpha value is -3.07. The summed E-state index contributed by atoms with van der Waals surface area (Å²) in [6, 6.07) is 6.27. The number of carbonyl (C=O) groups is 3. The minimum absolute atomic E-state index is 0.0617. The van der Waals surface area contributed by atoms with Crippen LogP contribution >= 0.6 is 0 Å². The van der Waals surface area contributed by atoms with Gasteiger partial charge in [0.25, 0.3) is 0 Å². The highest BCUT2D eigenvalue weighted by molar-refractivity contribution is 5.99. The molecule has 1 N–H and O–H groups in total. The molecule has 3 aliphatic rings. The number of furan rings is 1. The lowest BCUT2D eigenvalue weighted by atomic mass is 9.76. The molecule has 1 unspecified atom stereocenters. The number of likely N-dealkylation sites (tertiary alicyclic amines) is 1. The van der Waals surface area contributed by atoms with E-state index in [1.165, 1.54) is 6.42 Å². The maximum atomic E-state index is 13.7. The zero-order valence-electron chi connectivity index (χ0n) is 23.2. The lowest BCUT2D eigenvalue weighted by Crippen LogP contribution is -2.49. The van der Waals surface area contributed by atoms with Crippen LogP contribution in [0.1, 0.15) is 82.7 Å². The number of hydrogen-bond acceptors (Lipinski definition) is 7. The van der Waals surface area contributed by atoms with Gasteiger partial charge in [-0.2, -0.15) is 0 Å². The molecule has 1 aliphatic carbocycles. The van der Waals surface area contributed by atoms with Crippen molar-refractivity contribution in [2.45, 2.75) is 89.9 Å². The van der Waals surface area contributed by atoms with Crippen molar-refractivity contribution >= 4 is 34.6 Å². The highest BCUT2D eigenvalue weighted by Gasteiger charge is 2.46. The summed E-state index contributed by atoms with van der Waals surface area (Å²) >= 11 is 0. The topological polar surface area (TPSA) is 107 Å². The van der Waals surface area contributed by atoms with Crippen LogP contribution in [0.5, 0.6) is 0 Å². The molecule has 2 aromatic rings. The van der Waals surface area contributed by atoms with Crippen molar-refractivity contribution in [2.75, 3.05) is 25.1 Å². The van der Waals surface area contributed by atoms with Crippen LogP contribution in [0, 0.1) is 11.8 Å². The van der Waals surface area contributed by atoms with Crippen LogP contribution in [0.25, 0.3) is 11.0 Å². The lowest BCUT2D eigenvalue weighted by Gasteiger charge is -2.34. The Morgan fingerprint density at radius 3 is 2.54 bits per heavy atom. The van der Waals surface area contributed by atoms with Gasteiger partial charge in [0, 0.05) is 24.2 Å². The van der Waals surface area contributed by atoms with Gasteiger partial charge in [-0.1, -0.05) is 32.1 Å². The van der Waals surface area contributed by atoms with Gasteiger partial charge < -0.3 is 23.9 Å². The van der Waals surface area contributed by atoms with Gasteiger partial charge in [-0.3, -0.25) is 9.69 Å². The smallest absolute Gasteiger partial charge is 0.410 e. The lowest BCUT2D eigenvalue weighted by molar-refractivity contribution is -0.122. The SMILES string of the molecule is CC(C)(C)OC(=O)N1CC[C@@H](C2CCCCC2)[C@H]1C(=O)Nc1ccc2oc(C(=O)OCC3CCCO3)cc2c1. The molecule has 5 rings (SSSR count). The monoisotopic (exact) mass is 540 g/mol. The fourth-order valence-electron chi connectivity index (χ4n) is 6.19. The van der Waals surface area contributed by atoms with Crippen molar-refractivity contribution in [1.29, 1.82) is 0 Å². The van der Waals surface area contributed by atoms with Gasteiger partial charge in [0.15, 0.2) is 0 Å². The van der Waals surface area contributed by atoms with Gasteiger partial charge in [-0.25, -0.2) is 9.59 Å². The molecule has 9 nitrogen and oxygen atoms in total. The Morgan fingerprint density at radius 2 is 1.82 bits per heavy atom. The fourth-order valence-corrected chi connectivity index (χ4v) is 6.19. The third-order valence-electron chi connectivity index (χ3n) is 8.01. The third kappa shape index (κ3) is 6.57. The second kappa shape index (κ2) is 11.6. The first-order valence-corrected chi connectivity index (χ1v) is 14.3. The fraction of sp³-hybridized carbons (Fsp3) is 0.633. The van der Waals surface area contributed by atoms with Crippen molar-refractivity contribution < 1.29 is 33.0 Å². The molecule has 39 heavy (non-hydrogen) atoms. The number of esters is 1. The van der Waals surface area contributed by atoms with E-state index in [0.29, 0.717) is 35.7 Å². The first-order chi connectivity index (χ1) is 18.7. The van der Waals surface area contributed by atoms with Crippen LogP contribution in [-0.2, 0) is 19.0 Å². The molecule has 9 heteroatoms. The van der Waals surface area contributed by atoms with Crippen molar-refractivity contribution in [3.8, 4) is 0 Å². The standard InChI is InChI=1S/C30H40N2O7/c1-30(2,3)39-29(35)32-14-13-23(19-8-5-4-6-9-19)26(32)27(33)31-21-11-12-24-20(16-21)17-25(38-24)28(34)37-18-22-10-7-15-36-22/h11-12,16-17,19,22-23,26H,4-10,13-15,18H2,1-3H3,(H,31,33)/t22?,23-,26-/m0/s1. The van der Waals surface area contributed by atoms with Crippen LogP contribution in [-0.4, -0.2) is 60.4 Å². The van der Waals surface area contributed by atoms with E-state index in [0.717, 1.165) is 44.9 Å². The van der Waals surface area contributed by atoms with E-state index in [1.54, 1.807) is 29.2 Å². The van der Waals surface area contributed by atoms with E-state index in [2.05, 4.69) is 5.32 Å². The quantitative estimate of drug-likeness (QED) is 0.454. The van der Waals surface area contributed by atoms with Crippen LogP contribution in [0.3, 0.4) is 0 Å². The molecule has 0 bridgehead atoms. The van der Waals surface area contributed by atoms with Crippen molar-refractivity contribution in [2.24, 2.45) is 11.8 Å². The molecule has 2 saturated heterocycles. The second-order valence-electron chi connectivity index (χ2n) is 12.1. The number of nitrogens with zero attached hydrogens (tertiary/aromatic N) is 1. The van der Waals surface area contributed by atoms with Gasteiger partial charge in [-0.15, -0.1) is 0 Å². The number of anilines is 1. The van der Waals surface area contributed by atoms with Gasteiger partial charge in [0.2, 0.25) is 11.7 Å². The first-order valence-electron chi connectivity index (χ1n) is 14.3. The zero-order chi connectivity index (χ0) is 27.6. The Kier molecular flexibility index (Phi) is 8.16. The summed E-state index contributed by atoms with van der Waals surface area (Å²) < 4.78 is 22.2. The average molecular weight is 541 g/mol. The first kappa shape index (κ1) is 27.5. The summed E-state index contributed by atoms with van der Waals surface area (Å²) in [6.45, 7) is 6.91. The summed E-state index contributed by atoms with van der Waals surface area (Å²) in [5.74, 6) is -0.132. The molecule has 1 aromatic heterocycles. The zero-order valence-corrected chi connectivity index (χ0v) is 23.2. The molecule has 1 aromatic carbocycles. The largest absolute Gasteiger partial charge is 0.457 e. The third-order valence-corrected chi connectivity index (χ3v) is 8.01. The highest BCUT2D eigenvalue weighted by Crippen LogP contribution is 2.40. The second-order valence-corrected chi connectivity index (χ2v) is 12.1. The van der Waals surface area contributed by atoms with Crippen molar-refractivity contribution in [3.63, 3.8) is 0 Å². The average Bonchev–Trinajstić information content (AvgIpc) is 3.66. The van der Waals surface area contributed by atoms with E-state index < -0.39 is 23.7 Å². The number of ether oxygens (including phenoxy) is 3. The Balaban J connectivity index is 1.30. The molecular weight excluding hydrogens is 500 g/mol. The van der Waals surface area contributed by atoms with E-state index in [-0.39, 0.29) is 30.3 Å². The van der Waals surface area contributed by atoms with E-state index in [9.17, 15) is 14.4 Å². The van der Waals surface area contributed by atoms with E-state index >= 15 is 0 Å². The number of hydrogen-bond donors (Lipinski definition) is 1. The molecule has 3 atom stereocenters. The Labute approximate surface area is 229 Å². The van der Waals surface area contributed by atoms with Gasteiger partial charge in [-0.05, 0) is 76.1 Å². The molecule has 3 heterocycles. The maximum absolute atomic E-state index is 13.7. The van der Waals surface area contributed by atoms with Crippen LogP contribution < -0.4 is 5.32 Å². The Bertz CT molecular complexity index is 1190. The summed E-state index contributed by atoms with van der Waals surface area (Å²) in [4.78, 5) is 40.9. The molecule has 1 saturated carbocycles. The number of nitrogens with one attached hydrogen (secondary N) is 1. The molecule has 2 aliphatic heterocycles. The summed E-state index contributed by atoms with van der Waals surface area (Å²) in [6.07, 6.45) is 7.86. The Morgan fingerprint density at radius 1 is 1.03 bits per heavy atom. The molecule has 0 radical (unpaired) electrons. The van der Waals surface area contributed by atoms with Gasteiger partial charge in [0.05, 0.1) is 6.10 Å². The predicted molar refractivity (Wildman–Crippen MR) is 146 cm³/mol. The minimum atomic E-state index is -0.643. The summed E-state index contributed by atoms with van der Waals surface area (Å²) in [5, 5.41) is 3.71. The number of amides is 2. The van der Waals surface area contributed by atoms with Crippen LogP contribution in [0.2, 0.25) is 0 Å².